The molecular formula is C12H12ClN3OS3. The van der Waals surface area contributed by atoms with Crippen LogP contribution < -0.4 is 5.32 Å². The molecule has 1 aromatic heterocycles. The molecule has 2 aromatic rings. The van der Waals surface area contributed by atoms with E-state index in [-0.39, 0.29) is 11.2 Å². The molecule has 0 fully saturated rings. The van der Waals surface area contributed by atoms with Crippen LogP contribution in [-0.2, 0) is 4.79 Å². The van der Waals surface area contributed by atoms with Gasteiger partial charge in [-0.2, -0.15) is 4.37 Å². The van der Waals surface area contributed by atoms with Gasteiger partial charge in [-0.25, -0.2) is 4.98 Å². The van der Waals surface area contributed by atoms with Gasteiger partial charge in [0.25, 0.3) is 0 Å². The summed E-state index contributed by atoms with van der Waals surface area (Å²) in [6.07, 6.45) is 1.92. The summed E-state index contributed by atoms with van der Waals surface area (Å²) in [5, 5.41) is 3.98. The van der Waals surface area contributed by atoms with E-state index in [4.69, 9.17) is 11.6 Å². The highest BCUT2D eigenvalue weighted by molar-refractivity contribution is 8.02. The number of anilines is 1. The number of halogens is 1. The van der Waals surface area contributed by atoms with Crippen LogP contribution in [0.15, 0.2) is 33.8 Å². The molecule has 20 heavy (non-hydrogen) atoms. The first-order valence-corrected chi connectivity index (χ1v) is 8.95. The van der Waals surface area contributed by atoms with Gasteiger partial charge in [-0.3, -0.25) is 4.79 Å². The molecule has 0 bridgehead atoms. The van der Waals surface area contributed by atoms with E-state index >= 15 is 0 Å². The topological polar surface area (TPSA) is 54.9 Å². The first kappa shape index (κ1) is 15.6. The molecule has 1 amide bonds. The zero-order chi connectivity index (χ0) is 14.5. The summed E-state index contributed by atoms with van der Waals surface area (Å²) in [4.78, 5) is 16.4. The summed E-state index contributed by atoms with van der Waals surface area (Å²) >= 11 is 10.0. The number of nitrogens with zero attached hydrogens (tertiary/aromatic N) is 2. The molecule has 4 nitrogen and oxygen atoms in total. The lowest BCUT2D eigenvalue weighted by atomic mass is 10.3. The molecule has 1 N–H and O–H groups in total. The van der Waals surface area contributed by atoms with Crippen molar-refractivity contribution in [3.05, 3.63) is 29.3 Å². The molecule has 0 aliphatic rings. The number of hydrogen-bond donors (Lipinski definition) is 1. The van der Waals surface area contributed by atoms with Crippen LogP contribution >= 0.6 is 46.7 Å². The summed E-state index contributed by atoms with van der Waals surface area (Å²) in [5.41, 5.74) is 0.730. The second-order valence-electron chi connectivity index (χ2n) is 3.80. The number of amides is 1. The zero-order valence-electron chi connectivity index (χ0n) is 10.8. The smallest absolute Gasteiger partial charge is 0.237 e. The normalized spacial score (nSPS) is 12.2. The first-order chi connectivity index (χ1) is 9.58. The minimum atomic E-state index is -0.242. The van der Waals surface area contributed by atoms with Gasteiger partial charge in [0, 0.05) is 10.7 Å². The van der Waals surface area contributed by atoms with E-state index < -0.39 is 0 Å². The van der Waals surface area contributed by atoms with Crippen LogP contribution in [0, 0.1) is 0 Å². The van der Waals surface area contributed by atoms with Gasteiger partial charge in [0.15, 0.2) is 4.34 Å². The molecule has 0 aliphatic carbocycles. The van der Waals surface area contributed by atoms with Gasteiger partial charge in [-0.05, 0) is 49.0 Å². The van der Waals surface area contributed by atoms with Crippen LogP contribution in [0.2, 0.25) is 5.02 Å². The van der Waals surface area contributed by atoms with Gasteiger partial charge in [0.1, 0.15) is 0 Å². The molecular weight excluding hydrogens is 334 g/mol. The highest BCUT2D eigenvalue weighted by Gasteiger charge is 2.17. The van der Waals surface area contributed by atoms with E-state index in [1.807, 2.05) is 13.2 Å². The fourth-order valence-corrected chi connectivity index (χ4v) is 3.79. The van der Waals surface area contributed by atoms with Crippen molar-refractivity contribution in [2.45, 2.75) is 21.7 Å². The summed E-state index contributed by atoms with van der Waals surface area (Å²) in [6.45, 7) is 1.84. The third kappa shape index (κ3) is 4.37. The van der Waals surface area contributed by atoms with E-state index in [1.54, 1.807) is 24.3 Å². The molecule has 8 heteroatoms. The minimum Gasteiger partial charge on any atom is -0.325 e. The Balaban J connectivity index is 1.93. The highest BCUT2D eigenvalue weighted by Crippen LogP contribution is 2.27. The third-order valence-electron chi connectivity index (χ3n) is 2.33. The van der Waals surface area contributed by atoms with Gasteiger partial charge in [0.2, 0.25) is 11.1 Å². The number of thioether (sulfide) groups is 2. The fraction of sp³-hybridized carbons (Fsp3) is 0.250. The fourth-order valence-electron chi connectivity index (χ4n) is 1.31. The van der Waals surface area contributed by atoms with Crippen molar-refractivity contribution in [1.82, 2.24) is 9.36 Å². The Morgan fingerprint density at radius 2 is 2.10 bits per heavy atom. The van der Waals surface area contributed by atoms with Crippen LogP contribution in [0.25, 0.3) is 0 Å². The lowest BCUT2D eigenvalue weighted by molar-refractivity contribution is -0.115. The van der Waals surface area contributed by atoms with Crippen molar-refractivity contribution in [2.24, 2.45) is 0 Å². The third-order valence-corrected chi connectivity index (χ3v) is 5.13. The monoisotopic (exact) mass is 345 g/mol. The Morgan fingerprint density at radius 1 is 1.40 bits per heavy atom. The average molecular weight is 346 g/mol. The summed E-state index contributed by atoms with van der Waals surface area (Å²) in [6, 6.07) is 7.03. The van der Waals surface area contributed by atoms with Gasteiger partial charge in [0.05, 0.1) is 5.25 Å². The van der Waals surface area contributed by atoms with Crippen LogP contribution in [0.5, 0.6) is 0 Å². The molecule has 0 saturated heterocycles. The van der Waals surface area contributed by atoms with Gasteiger partial charge < -0.3 is 5.32 Å². The van der Waals surface area contributed by atoms with Crippen molar-refractivity contribution in [3.63, 3.8) is 0 Å². The molecule has 2 rings (SSSR count). The van der Waals surface area contributed by atoms with Gasteiger partial charge in [-0.15, -0.1) is 0 Å². The molecule has 106 valence electrons. The quantitative estimate of drug-likeness (QED) is 0.829. The lowest BCUT2D eigenvalue weighted by Crippen LogP contribution is -2.22. The predicted octanol–water partition coefficient (Wildman–Crippen LogP) is 4.03. The number of benzene rings is 1. The molecule has 1 heterocycles. The van der Waals surface area contributed by atoms with Crippen LogP contribution in [0.4, 0.5) is 5.69 Å². The largest absolute Gasteiger partial charge is 0.325 e. The predicted molar refractivity (Wildman–Crippen MR) is 87.1 cm³/mol. The van der Waals surface area contributed by atoms with Crippen molar-refractivity contribution >= 4 is 58.3 Å². The Kier molecular flexibility index (Phi) is 5.71. The Bertz CT molecular complexity index is 588. The van der Waals surface area contributed by atoms with E-state index in [9.17, 15) is 4.79 Å². The minimum absolute atomic E-state index is 0.0711. The molecule has 0 spiro atoms. The zero-order valence-corrected chi connectivity index (χ0v) is 14.0. The van der Waals surface area contributed by atoms with Gasteiger partial charge >= 0.3 is 0 Å². The average Bonchev–Trinajstić information content (AvgIpc) is 2.89. The standard InChI is InChI=1S/C12H12ClN3OS3/c1-7(19-12-15-11(18-2)16-20-12)10(17)14-9-5-3-8(13)4-6-9/h3-7H,1-2H3,(H,14,17)/t7-/m0/s1. The molecule has 1 atom stereocenters. The first-order valence-electron chi connectivity index (χ1n) is 5.69. The van der Waals surface area contributed by atoms with Crippen LogP contribution in [0.1, 0.15) is 6.92 Å². The summed E-state index contributed by atoms with van der Waals surface area (Å²) in [5.74, 6) is -0.0711. The highest BCUT2D eigenvalue weighted by atomic mass is 35.5. The maximum absolute atomic E-state index is 12.1. The number of nitrogens with one attached hydrogen (secondary N) is 1. The van der Waals surface area contributed by atoms with Crippen LogP contribution in [-0.4, -0.2) is 26.8 Å². The number of aromatic nitrogens is 2. The molecule has 0 unspecified atom stereocenters. The molecule has 0 saturated carbocycles. The van der Waals surface area contributed by atoms with E-state index in [2.05, 4.69) is 14.7 Å². The Morgan fingerprint density at radius 3 is 2.70 bits per heavy atom. The van der Waals surface area contributed by atoms with Crippen molar-refractivity contribution in [2.75, 3.05) is 11.6 Å². The van der Waals surface area contributed by atoms with E-state index in [0.717, 1.165) is 15.2 Å². The number of carbonyl (C=O) groups excluding carboxylic acids is 1. The second-order valence-corrected chi connectivity index (χ2v) is 7.35. The summed E-state index contributed by atoms with van der Waals surface area (Å²) in [7, 11) is 0. The van der Waals surface area contributed by atoms with Gasteiger partial charge in [-0.1, -0.05) is 35.1 Å². The van der Waals surface area contributed by atoms with E-state index in [1.165, 1.54) is 35.1 Å². The lowest BCUT2D eigenvalue weighted by Gasteiger charge is -2.10. The number of hydrogen-bond acceptors (Lipinski definition) is 6. The molecule has 0 aliphatic heterocycles. The van der Waals surface area contributed by atoms with Crippen LogP contribution in [0.3, 0.4) is 0 Å². The van der Waals surface area contributed by atoms with Crippen molar-refractivity contribution in [3.8, 4) is 0 Å². The van der Waals surface area contributed by atoms with Crippen molar-refractivity contribution < 1.29 is 4.79 Å². The molecule has 1 aromatic carbocycles. The number of carbonyl (C=O) groups is 1. The Hall–Kier alpha value is -0.760. The maximum atomic E-state index is 12.1. The van der Waals surface area contributed by atoms with E-state index in [0.29, 0.717) is 5.02 Å². The molecule has 0 radical (unpaired) electrons. The second kappa shape index (κ2) is 7.31. The Labute approximate surface area is 134 Å². The number of rotatable bonds is 5. The van der Waals surface area contributed by atoms with Crippen molar-refractivity contribution in [1.29, 1.82) is 0 Å². The summed E-state index contributed by atoms with van der Waals surface area (Å²) < 4.78 is 4.97. The SMILES string of the molecule is CSc1nsc(S[C@@H](C)C(=O)Nc2ccc(Cl)cc2)n1. The maximum Gasteiger partial charge on any atom is 0.237 e.